The first-order valence-electron chi connectivity index (χ1n) is 8.99. The van der Waals surface area contributed by atoms with Crippen LogP contribution < -0.4 is 5.32 Å². The van der Waals surface area contributed by atoms with Crippen molar-refractivity contribution in [3.8, 4) is 11.4 Å². The van der Waals surface area contributed by atoms with Crippen molar-refractivity contribution >= 4 is 23.3 Å². The molecule has 2 aromatic heterocycles. The minimum atomic E-state index is -0.0140. The second-order valence-corrected chi connectivity index (χ2v) is 7.55. The van der Waals surface area contributed by atoms with Gasteiger partial charge in [0.1, 0.15) is 5.03 Å². The van der Waals surface area contributed by atoms with E-state index >= 15 is 0 Å². The summed E-state index contributed by atoms with van der Waals surface area (Å²) in [5.41, 5.74) is 2.82. The molecule has 1 atom stereocenters. The highest BCUT2D eigenvalue weighted by atomic mass is 32.2. The van der Waals surface area contributed by atoms with Crippen molar-refractivity contribution in [2.24, 2.45) is 0 Å². The summed E-state index contributed by atoms with van der Waals surface area (Å²) in [5, 5.41) is 16.7. The maximum atomic E-state index is 12.1. The molecule has 1 N–H and O–H groups in total. The van der Waals surface area contributed by atoms with E-state index < -0.39 is 0 Å². The fourth-order valence-electron chi connectivity index (χ4n) is 2.96. The van der Waals surface area contributed by atoms with E-state index in [2.05, 4.69) is 20.6 Å². The van der Waals surface area contributed by atoms with Crippen LogP contribution in [0.5, 0.6) is 0 Å². The van der Waals surface area contributed by atoms with Gasteiger partial charge in [0.2, 0.25) is 5.91 Å². The van der Waals surface area contributed by atoms with Crippen LogP contribution in [-0.2, 0) is 9.53 Å². The van der Waals surface area contributed by atoms with Crippen LogP contribution >= 0.6 is 11.8 Å². The van der Waals surface area contributed by atoms with Crippen LogP contribution in [0, 0.1) is 6.92 Å². The summed E-state index contributed by atoms with van der Waals surface area (Å²) in [7, 11) is 0. The summed E-state index contributed by atoms with van der Waals surface area (Å²) in [6, 6.07) is 11.8. The molecule has 140 valence electrons. The number of hydrogen-bond donors (Lipinski definition) is 1. The van der Waals surface area contributed by atoms with Gasteiger partial charge in [-0.1, -0.05) is 41.6 Å². The number of fused-ring (bicyclic) bond motifs is 1. The van der Waals surface area contributed by atoms with Crippen LogP contribution in [0.3, 0.4) is 0 Å². The Bertz CT molecular complexity index is 935. The predicted octanol–water partition coefficient (Wildman–Crippen LogP) is 2.49. The lowest BCUT2D eigenvalue weighted by Gasteiger charge is -2.10. The van der Waals surface area contributed by atoms with E-state index in [1.165, 1.54) is 17.3 Å². The molecule has 1 aliphatic heterocycles. The Labute approximate surface area is 161 Å². The molecular weight excluding hydrogens is 362 g/mol. The molecule has 3 heterocycles. The Morgan fingerprint density at radius 1 is 1.26 bits per heavy atom. The number of nitrogens with one attached hydrogen (secondary N) is 1. The van der Waals surface area contributed by atoms with Gasteiger partial charge < -0.3 is 10.1 Å². The maximum absolute atomic E-state index is 12.1. The minimum Gasteiger partial charge on any atom is -0.376 e. The molecule has 1 aromatic carbocycles. The number of aromatic nitrogens is 4. The van der Waals surface area contributed by atoms with Crippen LogP contribution in [-0.4, -0.2) is 50.7 Å². The second kappa shape index (κ2) is 8.06. The first-order valence-corrected chi connectivity index (χ1v) is 9.98. The maximum Gasteiger partial charge on any atom is 0.230 e. The molecule has 0 bridgehead atoms. The zero-order chi connectivity index (χ0) is 18.6. The highest BCUT2D eigenvalue weighted by molar-refractivity contribution is 7.99. The first-order chi connectivity index (χ1) is 13.2. The Hall–Kier alpha value is -2.45. The van der Waals surface area contributed by atoms with Crippen molar-refractivity contribution in [2.45, 2.75) is 30.9 Å². The van der Waals surface area contributed by atoms with Crippen LogP contribution in [0.2, 0.25) is 0 Å². The molecule has 1 amide bonds. The van der Waals surface area contributed by atoms with E-state index in [4.69, 9.17) is 4.74 Å². The van der Waals surface area contributed by atoms with Gasteiger partial charge in [0.05, 0.1) is 11.9 Å². The molecule has 0 aliphatic carbocycles. The lowest BCUT2D eigenvalue weighted by molar-refractivity contribution is -0.119. The molecule has 0 unspecified atom stereocenters. The molecule has 1 aliphatic rings. The van der Waals surface area contributed by atoms with Crippen molar-refractivity contribution in [1.82, 2.24) is 25.1 Å². The van der Waals surface area contributed by atoms with Crippen molar-refractivity contribution in [3.63, 3.8) is 0 Å². The minimum absolute atomic E-state index is 0.0140. The molecule has 7 nitrogen and oxygen atoms in total. The highest BCUT2D eigenvalue weighted by Crippen LogP contribution is 2.21. The Morgan fingerprint density at radius 3 is 2.89 bits per heavy atom. The highest BCUT2D eigenvalue weighted by Gasteiger charge is 2.16. The SMILES string of the molecule is Cc1ccc(-c2nnc3ccc(SCC(=O)NC[C@H]4CCCO4)nn23)cc1. The van der Waals surface area contributed by atoms with Gasteiger partial charge in [0, 0.05) is 18.7 Å². The third-order valence-corrected chi connectivity index (χ3v) is 5.37. The smallest absolute Gasteiger partial charge is 0.230 e. The zero-order valence-corrected chi connectivity index (χ0v) is 15.9. The first kappa shape index (κ1) is 17.9. The molecular formula is C19H21N5O2S. The second-order valence-electron chi connectivity index (χ2n) is 6.56. The van der Waals surface area contributed by atoms with E-state index in [9.17, 15) is 4.79 Å². The topological polar surface area (TPSA) is 81.4 Å². The van der Waals surface area contributed by atoms with Gasteiger partial charge in [-0.3, -0.25) is 4.79 Å². The number of carbonyl (C=O) groups is 1. The molecule has 3 aromatic rings. The van der Waals surface area contributed by atoms with E-state index in [0.717, 1.165) is 30.0 Å². The van der Waals surface area contributed by atoms with E-state index in [1.54, 1.807) is 4.52 Å². The van der Waals surface area contributed by atoms with E-state index in [-0.39, 0.29) is 12.0 Å². The fraction of sp³-hybridized carbons (Fsp3) is 0.368. The lowest BCUT2D eigenvalue weighted by Crippen LogP contribution is -2.32. The standard InChI is InChI=1S/C19H21N5O2S/c1-13-4-6-14(7-5-13)19-22-21-16-8-9-18(23-24(16)19)27-12-17(25)20-11-15-3-2-10-26-15/h4-9,15H,2-3,10-12H2,1H3,(H,20,25)/t15-/m1/s1. The summed E-state index contributed by atoms with van der Waals surface area (Å²) in [6.07, 6.45) is 2.24. The van der Waals surface area contributed by atoms with Crippen LogP contribution in [0.1, 0.15) is 18.4 Å². The number of carbonyl (C=O) groups excluding carboxylic acids is 1. The zero-order valence-electron chi connectivity index (χ0n) is 15.1. The van der Waals surface area contributed by atoms with Crippen molar-refractivity contribution in [3.05, 3.63) is 42.0 Å². The number of amides is 1. The molecule has 0 spiro atoms. The number of nitrogens with zero attached hydrogens (tertiary/aromatic N) is 4. The Balaban J connectivity index is 1.42. The number of benzene rings is 1. The van der Waals surface area contributed by atoms with E-state index in [0.29, 0.717) is 23.8 Å². The third-order valence-electron chi connectivity index (χ3n) is 4.45. The summed E-state index contributed by atoms with van der Waals surface area (Å²) < 4.78 is 7.24. The molecule has 0 saturated carbocycles. The third kappa shape index (κ3) is 4.28. The summed E-state index contributed by atoms with van der Waals surface area (Å²) in [5.74, 6) is 0.989. The van der Waals surface area contributed by atoms with E-state index in [1.807, 2.05) is 43.3 Å². The number of ether oxygens (including phenoxy) is 1. The van der Waals surface area contributed by atoms with Gasteiger partial charge in [-0.25, -0.2) is 0 Å². The van der Waals surface area contributed by atoms with Gasteiger partial charge in [0.15, 0.2) is 11.5 Å². The molecule has 0 radical (unpaired) electrons. The monoisotopic (exact) mass is 383 g/mol. The van der Waals surface area contributed by atoms with Crippen molar-refractivity contribution in [2.75, 3.05) is 18.9 Å². The van der Waals surface area contributed by atoms with Crippen LogP contribution in [0.4, 0.5) is 0 Å². The molecule has 1 saturated heterocycles. The summed E-state index contributed by atoms with van der Waals surface area (Å²) >= 11 is 1.40. The molecule has 4 rings (SSSR count). The van der Waals surface area contributed by atoms with Gasteiger partial charge >= 0.3 is 0 Å². The van der Waals surface area contributed by atoms with Gasteiger partial charge in [-0.05, 0) is 31.9 Å². The van der Waals surface area contributed by atoms with Gasteiger partial charge in [-0.15, -0.1) is 10.2 Å². The Kier molecular flexibility index (Phi) is 5.35. The Morgan fingerprint density at radius 2 is 2.11 bits per heavy atom. The van der Waals surface area contributed by atoms with Crippen LogP contribution in [0.15, 0.2) is 41.4 Å². The quantitative estimate of drug-likeness (QED) is 0.659. The van der Waals surface area contributed by atoms with Gasteiger partial charge in [0.25, 0.3) is 0 Å². The van der Waals surface area contributed by atoms with Gasteiger partial charge in [-0.2, -0.15) is 9.61 Å². The average Bonchev–Trinajstić information content (AvgIpc) is 3.35. The number of rotatable bonds is 6. The van der Waals surface area contributed by atoms with Crippen molar-refractivity contribution < 1.29 is 9.53 Å². The molecule has 27 heavy (non-hydrogen) atoms. The number of aryl methyl sites for hydroxylation is 1. The average molecular weight is 383 g/mol. The molecule has 1 fully saturated rings. The number of thioether (sulfide) groups is 1. The van der Waals surface area contributed by atoms with Crippen LogP contribution in [0.25, 0.3) is 17.0 Å². The van der Waals surface area contributed by atoms with Crippen molar-refractivity contribution in [1.29, 1.82) is 0 Å². The normalized spacial score (nSPS) is 16.7. The molecule has 8 heteroatoms. The fourth-order valence-corrected chi connectivity index (χ4v) is 3.64. The number of hydrogen-bond acceptors (Lipinski definition) is 6. The summed E-state index contributed by atoms with van der Waals surface area (Å²) in [4.78, 5) is 12.1. The lowest BCUT2D eigenvalue weighted by atomic mass is 10.1. The summed E-state index contributed by atoms with van der Waals surface area (Å²) in [6.45, 7) is 3.42. The predicted molar refractivity (Wildman–Crippen MR) is 104 cm³/mol. The largest absolute Gasteiger partial charge is 0.376 e.